The van der Waals surface area contributed by atoms with E-state index < -0.39 is 0 Å². The van der Waals surface area contributed by atoms with Crippen molar-refractivity contribution in [1.82, 2.24) is 4.90 Å². The molecule has 1 fully saturated rings. The highest BCUT2D eigenvalue weighted by Crippen LogP contribution is 2.32. The number of benzene rings is 2. The van der Waals surface area contributed by atoms with Gasteiger partial charge in [0.05, 0.1) is 11.7 Å². The van der Waals surface area contributed by atoms with E-state index in [-0.39, 0.29) is 17.9 Å². The Bertz CT molecular complexity index is 1030. The first-order valence-electron chi connectivity index (χ1n) is 11.5. The van der Waals surface area contributed by atoms with E-state index in [1.54, 1.807) is 24.3 Å². The molecule has 0 atom stereocenters. The van der Waals surface area contributed by atoms with Crippen LogP contribution in [0.2, 0.25) is 5.02 Å². The molecule has 0 aliphatic carbocycles. The number of ether oxygens (including phenoxy) is 1. The zero-order chi connectivity index (χ0) is 23.4. The first-order valence-corrected chi connectivity index (χ1v) is 11.9. The first kappa shape index (κ1) is 23.3. The Morgan fingerprint density at radius 1 is 0.970 bits per heavy atom. The summed E-state index contributed by atoms with van der Waals surface area (Å²) in [6.07, 6.45) is 3.12. The van der Waals surface area contributed by atoms with Crippen molar-refractivity contribution in [3.8, 4) is 0 Å². The number of hydrogen-bond donors (Lipinski definition) is 1. The molecule has 2 aliphatic heterocycles. The van der Waals surface area contributed by atoms with Crippen molar-refractivity contribution in [3.63, 3.8) is 0 Å². The van der Waals surface area contributed by atoms with Crippen molar-refractivity contribution in [1.29, 1.82) is 0 Å². The highest BCUT2D eigenvalue weighted by molar-refractivity contribution is 6.36. The minimum atomic E-state index is -0.321. The average Bonchev–Trinajstić information content (AvgIpc) is 3.41. The first-order chi connectivity index (χ1) is 15.9. The van der Waals surface area contributed by atoms with E-state index in [1.165, 1.54) is 23.4 Å². The number of hydrogen-bond acceptors (Lipinski definition) is 5. The molecule has 1 saturated heterocycles. The van der Waals surface area contributed by atoms with Gasteiger partial charge in [0, 0.05) is 42.6 Å². The average molecular weight is 468 g/mol. The molecule has 2 aliphatic rings. The fourth-order valence-electron chi connectivity index (χ4n) is 4.20. The Hall–Kier alpha value is -2.83. The zero-order valence-electron chi connectivity index (χ0n) is 19.1. The van der Waals surface area contributed by atoms with E-state index in [2.05, 4.69) is 22.3 Å². The Morgan fingerprint density at radius 2 is 1.64 bits per heavy atom. The molecule has 0 aromatic heterocycles. The van der Waals surface area contributed by atoms with Crippen LogP contribution in [0, 0.1) is 0 Å². The van der Waals surface area contributed by atoms with Gasteiger partial charge in [-0.1, -0.05) is 23.7 Å². The molecule has 2 aromatic rings. The lowest BCUT2D eigenvalue weighted by molar-refractivity contribution is -0.137. The summed E-state index contributed by atoms with van der Waals surface area (Å²) >= 11 is 6.05. The molecule has 2 amide bonds. The largest absolute Gasteiger partial charge is 0.379 e. The number of anilines is 2. The summed E-state index contributed by atoms with van der Waals surface area (Å²) in [6, 6.07) is 15.0. The third-order valence-electron chi connectivity index (χ3n) is 5.89. The molecule has 6 nitrogen and oxygen atoms in total. The predicted octanol–water partition coefficient (Wildman–Crippen LogP) is 4.95. The maximum Gasteiger partial charge on any atom is 0.278 e. The molecule has 33 heavy (non-hydrogen) atoms. The topological polar surface area (TPSA) is 61.9 Å². The van der Waals surface area contributed by atoms with Gasteiger partial charge in [0.1, 0.15) is 5.70 Å². The summed E-state index contributed by atoms with van der Waals surface area (Å²) in [5.74, 6) is -0.624. The second kappa shape index (κ2) is 10.4. The van der Waals surface area contributed by atoms with Gasteiger partial charge in [-0.2, -0.15) is 0 Å². The minimum absolute atomic E-state index is 0.110. The second-order valence-electron chi connectivity index (χ2n) is 8.66. The summed E-state index contributed by atoms with van der Waals surface area (Å²) in [6.45, 7) is 6.86. The third kappa shape index (κ3) is 5.40. The lowest BCUT2D eigenvalue weighted by Gasteiger charge is -2.18. The van der Waals surface area contributed by atoms with Crippen LogP contribution in [0.5, 0.6) is 0 Å². The van der Waals surface area contributed by atoms with Crippen LogP contribution in [0.25, 0.3) is 5.57 Å². The van der Waals surface area contributed by atoms with Crippen LogP contribution in [0.1, 0.15) is 38.7 Å². The summed E-state index contributed by atoms with van der Waals surface area (Å²) in [5, 5.41) is 3.80. The Morgan fingerprint density at radius 3 is 2.27 bits per heavy atom. The molecule has 7 heteroatoms. The number of rotatable bonds is 9. The highest BCUT2D eigenvalue weighted by Gasteiger charge is 2.38. The molecule has 0 unspecified atom stereocenters. The number of carbonyl (C=O) groups is 2. The molecule has 2 heterocycles. The fraction of sp³-hybridized carbons (Fsp3) is 0.385. The fourth-order valence-corrected chi connectivity index (χ4v) is 4.32. The number of nitrogens with one attached hydrogen (secondary N) is 1. The lowest BCUT2D eigenvalue weighted by atomic mass is 10.0. The van der Waals surface area contributed by atoms with E-state index in [1.807, 2.05) is 26.0 Å². The number of halogens is 1. The van der Waals surface area contributed by atoms with E-state index in [0.29, 0.717) is 41.4 Å². The van der Waals surface area contributed by atoms with E-state index in [9.17, 15) is 9.59 Å². The molecular formula is C26H30ClN3O3. The molecule has 2 aromatic carbocycles. The van der Waals surface area contributed by atoms with E-state index >= 15 is 0 Å². The normalized spacial score (nSPS) is 16.5. The van der Waals surface area contributed by atoms with Crippen molar-refractivity contribution >= 4 is 40.4 Å². The van der Waals surface area contributed by atoms with Gasteiger partial charge in [-0.15, -0.1) is 0 Å². The lowest BCUT2D eigenvalue weighted by Crippen LogP contribution is -2.34. The molecule has 174 valence electrons. The summed E-state index contributed by atoms with van der Waals surface area (Å²) in [4.78, 5) is 30.2. The summed E-state index contributed by atoms with van der Waals surface area (Å²) < 4.78 is 5.58. The van der Waals surface area contributed by atoms with Gasteiger partial charge in [0.2, 0.25) is 0 Å². The molecule has 0 saturated carbocycles. The van der Waals surface area contributed by atoms with Crippen LogP contribution in [0.15, 0.2) is 54.2 Å². The Labute approximate surface area is 200 Å². The standard InChI is InChI=1S/C26H30ClN3O3/c1-18(2)33-17-5-16-30-25(31)23(19-6-8-20(27)9-7-19)24(26(30)32)28-21-10-12-22(13-11-21)29-14-3-4-15-29/h6-13,18,28H,3-5,14-17H2,1-2H3. The van der Waals surface area contributed by atoms with Crippen LogP contribution < -0.4 is 10.2 Å². The minimum Gasteiger partial charge on any atom is -0.379 e. The van der Waals surface area contributed by atoms with Crippen LogP contribution in [-0.4, -0.2) is 49.1 Å². The second-order valence-corrected chi connectivity index (χ2v) is 9.09. The SMILES string of the molecule is CC(C)OCCCN1C(=O)C(Nc2ccc(N3CCCC3)cc2)=C(c2ccc(Cl)cc2)C1=O. The van der Waals surface area contributed by atoms with Gasteiger partial charge in [-0.3, -0.25) is 14.5 Å². The quantitative estimate of drug-likeness (QED) is 0.417. The van der Waals surface area contributed by atoms with Gasteiger partial charge in [0.25, 0.3) is 11.8 Å². The number of carbonyl (C=O) groups excluding carboxylic acids is 2. The van der Waals surface area contributed by atoms with Crippen LogP contribution in [0.4, 0.5) is 11.4 Å². The van der Waals surface area contributed by atoms with Crippen LogP contribution in [0.3, 0.4) is 0 Å². The maximum atomic E-state index is 13.3. The van der Waals surface area contributed by atoms with Crippen molar-refractivity contribution in [3.05, 3.63) is 64.8 Å². The van der Waals surface area contributed by atoms with Crippen LogP contribution in [-0.2, 0) is 14.3 Å². The molecule has 0 spiro atoms. The van der Waals surface area contributed by atoms with Crippen LogP contribution >= 0.6 is 11.6 Å². The number of nitrogens with zero attached hydrogens (tertiary/aromatic N) is 2. The molecule has 0 radical (unpaired) electrons. The van der Waals surface area contributed by atoms with Crippen molar-refractivity contribution < 1.29 is 14.3 Å². The highest BCUT2D eigenvalue weighted by atomic mass is 35.5. The van der Waals surface area contributed by atoms with Gasteiger partial charge in [0.15, 0.2) is 0 Å². The molecule has 4 rings (SSSR count). The number of amides is 2. The summed E-state index contributed by atoms with van der Waals surface area (Å²) in [5.41, 5.74) is 3.26. The van der Waals surface area contributed by atoms with Crippen molar-refractivity contribution in [2.45, 2.75) is 39.2 Å². The maximum absolute atomic E-state index is 13.3. The van der Waals surface area contributed by atoms with Crippen molar-refractivity contribution in [2.75, 3.05) is 36.5 Å². The Kier molecular flexibility index (Phi) is 7.36. The van der Waals surface area contributed by atoms with E-state index in [0.717, 1.165) is 18.8 Å². The molecular weight excluding hydrogens is 438 g/mol. The third-order valence-corrected chi connectivity index (χ3v) is 6.14. The summed E-state index contributed by atoms with van der Waals surface area (Å²) in [7, 11) is 0. The van der Waals surface area contributed by atoms with Gasteiger partial charge in [-0.05, 0) is 75.1 Å². The smallest absolute Gasteiger partial charge is 0.278 e. The van der Waals surface area contributed by atoms with Crippen molar-refractivity contribution in [2.24, 2.45) is 0 Å². The van der Waals surface area contributed by atoms with Gasteiger partial charge >= 0.3 is 0 Å². The van der Waals surface area contributed by atoms with E-state index in [4.69, 9.17) is 16.3 Å². The monoisotopic (exact) mass is 467 g/mol. The molecule has 0 bridgehead atoms. The molecule has 1 N–H and O–H groups in total. The Balaban J connectivity index is 1.57. The zero-order valence-corrected chi connectivity index (χ0v) is 19.9. The van der Waals surface area contributed by atoms with Gasteiger partial charge in [-0.25, -0.2) is 0 Å². The predicted molar refractivity (Wildman–Crippen MR) is 132 cm³/mol. The van der Waals surface area contributed by atoms with Gasteiger partial charge < -0.3 is 15.0 Å². The number of imide groups is 1.